The summed E-state index contributed by atoms with van der Waals surface area (Å²) >= 11 is 4.60. The lowest BCUT2D eigenvalue weighted by Gasteiger charge is -2.37. The molecule has 2 fully saturated rings. The van der Waals surface area contributed by atoms with Crippen molar-refractivity contribution in [3.63, 3.8) is 0 Å². The van der Waals surface area contributed by atoms with Gasteiger partial charge in [-0.05, 0) is 36.9 Å². The minimum atomic E-state index is 0.305. The van der Waals surface area contributed by atoms with Gasteiger partial charge in [0.15, 0.2) is 0 Å². The van der Waals surface area contributed by atoms with E-state index in [1.54, 1.807) is 0 Å². The van der Waals surface area contributed by atoms with Crippen molar-refractivity contribution in [2.75, 3.05) is 25.4 Å². The minimum absolute atomic E-state index is 0.305. The summed E-state index contributed by atoms with van der Waals surface area (Å²) in [7, 11) is 0. The first-order chi connectivity index (χ1) is 8.29. The van der Waals surface area contributed by atoms with Gasteiger partial charge in [-0.1, -0.05) is 25.7 Å². The van der Waals surface area contributed by atoms with Crippen LogP contribution >= 0.6 is 12.6 Å². The van der Waals surface area contributed by atoms with Crippen LogP contribution in [-0.4, -0.2) is 41.5 Å². The van der Waals surface area contributed by atoms with Gasteiger partial charge >= 0.3 is 0 Å². The van der Waals surface area contributed by atoms with Crippen LogP contribution in [0.15, 0.2) is 0 Å². The second-order valence-corrected chi connectivity index (χ2v) is 6.31. The van der Waals surface area contributed by atoms with Gasteiger partial charge in [-0.3, -0.25) is 4.90 Å². The van der Waals surface area contributed by atoms with Crippen LogP contribution in [0.2, 0.25) is 0 Å². The Kier molecular flexibility index (Phi) is 5.19. The normalized spacial score (nSPS) is 24.9. The number of rotatable bonds is 6. The van der Waals surface area contributed by atoms with E-state index >= 15 is 0 Å². The highest BCUT2D eigenvalue weighted by Crippen LogP contribution is 2.40. The van der Waals surface area contributed by atoms with Gasteiger partial charge in [-0.15, -0.1) is 0 Å². The fourth-order valence-electron chi connectivity index (χ4n) is 3.71. The second-order valence-electron chi connectivity index (χ2n) is 6.00. The van der Waals surface area contributed by atoms with Crippen LogP contribution < -0.4 is 0 Å². The molecule has 2 nitrogen and oxygen atoms in total. The summed E-state index contributed by atoms with van der Waals surface area (Å²) in [6.07, 6.45) is 10.8. The van der Waals surface area contributed by atoms with E-state index in [2.05, 4.69) is 17.5 Å². The Morgan fingerprint density at radius 3 is 2.29 bits per heavy atom. The standard InChI is InChI=1S/C14H27NOS/c16-10-9-15(13-5-1-2-6-13)11-14(12-17)7-3-4-8-14/h13,16-17H,1-12H2. The van der Waals surface area contributed by atoms with Gasteiger partial charge in [0, 0.05) is 19.1 Å². The lowest BCUT2D eigenvalue weighted by atomic mass is 9.87. The van der Waals surface area contributed by atoms with Crippen LogP contribution in [0.5, 0.6) is 0 Å². The third kappa shape index (κ3) is 3.39. The molecule has 0 saturated heterocycles. The third-order valence-electron chi connectivity index (χ3n) is 4.77. The summed E-state index contributed by atoms with van der Waals surface area (Å²) in [5.41, 5.74) is 0.445. The third-order valence-corrected chi connectivity index (χ3v) is 5.44. The van der Waals surface area contributed by atoms with Crippen LogP contribution in [0.4, 0.5) is 0 Å². The summed E-state index contributed by atoms with van der Waals surface area (Å²) in [6.45, 7) is 2.33. The van der Waals surface area contributed by atoms with Gasteiger partial charge < -0.3 is 5.11 Å². The smallest absolute Gasteiger partial charge is 0.0558 e. The van der Waals surface area contributed by atoms with Crippen molar-refractivity contribution in [3.8, 4) is 0 Å². The molecule has 0 bridgehead atoms. The quantitative estimate of drug-likeness (QED) is 0.715. The lowest BCUT2D eigenvalue weighted by Crippen LogP contribution is -2.44. The molecule has 2 saturated carbocycles. The van der Waals surface area contributed by atoms with Gasteiger partial charge in [0.05, 0.1) is 6.61 Å². The zero-order valence-corrected chi connectivity index (χ0v) is 11.8. The predicted molar refractivity (Wildman–Crippen MR) is 75.7 cm³/mol. The molecule has 0 spiro atoms. The first kappa shape index (κ1) is 13.7. The Balaban J connectivity index is 1.95. The molecule has 0 aliphatic heterocycles. The van der Waals surface area contributed by atoms with Crippen molar-refractivity contribution in [2.24, 2.45) is 5.41 Å². The average Bonchev–Trinajstić information content (AvgIpc) is 3.00. The predicted octanol–water partition coefficient (Wildman–Crippen LogP) is 2.71. The molecule has 0 aromatic carbocycles. The highest BCUT2D eigenvalue weighted by molar-refractivity contribution is 7.80. The van der Waals surface area contributed by atoms with Gasteiger partial charge in [-0.2, -0.15) is 12.6 Å². The topological polar surface area (TPSA) is 23.5 Å². The minimum Gasteiger partial charge on any atom is -0.395 e. The van der Waals surface area contributed by atoms with E-state index in [-0.39, 0.29) is 0 Å². The van der Waals surface area contributed by atoms with Crippen molar-refractivity contribution in [3.05, 3.63) is 0 Å². The van der Waals surface area contributed by atoms with E-state index in [0.717, 1.165) is 18.3 Å². The summed E-state index contributed by atoms with van der Waals surface area (Å²) in [4.78, 5) is 2.56. The zero-order valence-electron chi connectivity index (χ0n) is 10.9. The Morgan fingerprint density at radius 1 is 1.12 bits per heavy atom. The van der Waals surface area contributed by atoms with Crippen LogP contribution in [0.3, 0.4) is 0 Å². The molecule has 3 heteroatoms. The van der Waals surface area contributed by atoms with Crippen LogP contribution in [0.1, 0.15) is 51.4 Å². The first-order valence-corrected chi connectivity index (χ1v) is 7.89. The Labute approximate surface area is 111 Å². The fourth-order valence-corrected chi connectivity index (χ4v) is 4.13. The highest BCUT2D eigenvalue weighted by atomic mass is 32.1. The molecule has 2 rings (SSSR count). The van der Waals surface area contributed by atoms with Gasteiger partial charge in [0.2, 0.25) is 0 Å². The summed E-state index contributed by atoms with van der Waals surface area (Å²) < 4.78 is 0. The van der Waals surface area contributed by atoms with Crippen molar-refractivity contribution in [1.29, 1.82) is 0 Å². The Hall–Kier alpha value is 0.270. The van der Waals surface area contributed by atoms with E-state index < -0.39 is 0 Å². The summed E-state index contributed by atoms with van der Waals surface area (Å²) in [5.74, 6) is 1.02. The van der Waals surface area contributed by atoms with Crippen LogP contribution in [-0.2, 0) is 0 Å². The van der Waals surface area contributed by atoms with E-state index in [0.29, 0.717) is 12.0 Å². The molecule has 17 heavy (non-hydrogen) atoms. The van der Waals surface area contributed by atoms with Crippen molar-refractivity contribution in [1.82, 2.24) is 4.90 Å². The van der Waals surface area contributed by atoms with E-state index in [9.17, 15) is 5.11 Å². The molecule has 0 aromatic rings. The number of hydrogen-bond donors (Lipinski definition) is 2. The number of aliphatic hydroxyl groups is 1. The molecule has 2 aliphatic rings. The largest absolute Gasteiger partial charge is 0.395 e. The Morgan fingerprint density at radius 2 is 1.76 bits per heavy atom. The van der Waals surface area contributed by atoms with Gasteiger partial charge in [0.25, 0.3) is 0 Å². The molecule has 0 atom stereocenters. The molecule has 2 aliphatic carbocycles. The molecule has 0 aromatic heterocycles. The van der Waals surface area contributed by atoms with Crippen LogP contribution in [0.25, 0.3) is 0 Å². The van der Waals surface area contributed by atoms with Crippen molar-refractivity contribution >= 4 is 12.6 Å². The van der Waals surface area contributed by atoms with E-state index in [1.165, 1.54) is 57.9 Å². The van der Waals surface area contributed by atoms with Crippen molar-refractivity contribution < 1.29 is 5.11 Å². The average molecular weight is 257 g/mol. The molecule has 100 valence electrons. The fraction of sp³-hybridized carbons (Fsp3) is 1.00. The number of nitrogens with zero attached hydrogens (tertiary/aromatic N) is 1. The SMILES string of the molecule is OCCN(CC1(CS)CCCC1)C1CCCC1. The molecule has 0 heterocycles. The zero-order chi connectivity index (χ0) is 12.1. The summed E-state index contributed by atoms with van der Waals surface area (Å²) in [5, 5.41) is 9.27. The molecule has 0 unspecified atom stereocenters. The molecule has 0 radical (unpaired) electrons. The number of aliphatic hydroxyl groups excluding tert-OH is 1. The maximum Gasteiger partial charge on any atom is 0.0558 e. The number of thiol groups is 1. The first-order valence-electron chi connectivity index (χ1n) is 7.25. The lowest BCUT2D eigenvalue weighted by molar-refractivity contribution is 0.101. The summed E-state index contributed by atoms with van der Waals surface area (Å²) in [6, 6.07) is 0.736. The van der Waals surface area contributed by atoms with E-state index in [1.807, 2.05) is 0 Å². The number of hydrogen-bond acceptors (Lipinski definition) is 3. The van der Waals surface area contributed by atoms with E-state index in [4.69, 9.17) is 0 Å². The second kappa shape index (κ2) is 6.44. The highest BCUT2D eigenvalue weighted by Gasteiger charge is 2.36. The Bertz CT molecular complexity index is 222. The van der Waals surface area contributed by atoms with Gasteiger partial charge in [-0.25, -0.2) is 0 Å². The van der Waals surface area contributed by atoms with Crippen molar-refractivity contribution in [2.45, 2.75) is 57.4 Å². The van der Waals surface area contributed by atoms with Gasteiger partial charge in [0.1, 0.15) is 0 Å². The monoisotopic (exact) mass is 257 g/mol. The molecular formula is C14H27NOS. The van der Waals surface area contributed by atoms with Crippen LogP contribution in [0, 0.1) is 5.41 Å². The molecule has 0 amide bonds. The molecular weight excluding hydrogens is 230 g/mol. The maximum atomic E-state index is 9.27. The maximum absolute atomic E-state index is 9.27. The molecule has 1 N–H and O–H groups in total.